The molecule has 132 valence electrons. The third kappa shape index (κ3) is 2.66. The van der Waals surface area contributed by atoms with Gasteiger partial charge in [-0.3, -0.25) is 4.57 Å². The molecule has 0 spiro atoms. The van der Waals surface area contributed by atoms with Gasteiger partial charge in [0.25, 0.3) is 0 Å². The van der Waals surface area contributed by atoms with Gasteiger partial charge in [0.15, 0.2) is 23.8 Å². The van der Waals surface area contributed by atoms with Crippen LogP contribution in [0.1, 0.15) is 6.23 Å². The predicted molar refractivity (Wildman–Crippen MR) is 74.8 cm³/mol. The van der Waals surface area contributed by atoms with Gasteiger partial charge in [-0.15, -0.1) is 0 Å². The van der Waals surface area contributed by atoms with Crippen molar-refractivity contribution in [3.05, 3.63) is 12.7 Å². The number of imidazole rings is 1. The molecule has 3 rings (SSSR count). The first kappa shape index (κ1) is 17.1. The van der Waals surface area contributed by atoms with Crippen LogP contribution in [0.2, 0.25) is 0 Å². The molecular weight excluding hydrogens is 349 g/mol. The standard InChI is InChI=1S/C10H14N5O8P/c11-7-5-8(13-2-12-7)15(3-14-5)9-6(17)10(18,4(1-16)22-9)23-24(19,20)21/h2-4,6,9,16-18H,1H2,(H2,11,12,13)(H2,19,20,21)/t4-,6+,9-,10+/m1/s1. The van der Waals surface area contributed by atoms with Crippen molar-refractivity contribution in [1.82, 2.24) is 19.5 Å². The minimum absolute atomic E-state index is 0.0617. The van der Waals surface area contributed by atoms with Crippen molar-refractivity contribution in [2.24, 2.45) is 0 Å². The van der Waals surface area contributed by atoms with Crippen LogP contribution >= 0.6 is 7.82 Å². The van der Waals surface area contributed by atoms with E-state index in [1.165, 1.54) is 10.9 Å². The number of hydrogen-bond donors (Lipinski definition) is 6. The molecule has 7 N–H and O–H groups in total. The van der Waals surface area contributed by atoms with Gasteiger partial charge in [-0.2, -0.15) is 0 Å². The summed E-state index contributed by atoms with van der Waals surface area (Å²) < 4.78 is 21.8. The van der Waals surface area contributed by atoms with Crippen LogP contribution in [0.4, 0.5) is 5.82 Å². The maximum atomic E-state index is 11.1. The zero-order chi connectivity index (χ0) is 17.7. The van der Waals surface area contributed by atoms with Gasteiger partial charge in [-0.25, -0.2) is 24.0 Å². The molecule has 2 aromatic heterocycles. The quantitative estimate of drug-likeness (QED) is 0.245. The summed E-state index contributed by atoms with van der Waals surface area (Å²) in [5, 5.41) is 29.9. The third-order valence-corrected chi connectivity index (χ3v) is 4.08. The molecule has 0 radical (unpaired) electrons. The summed E-state index contributed by atoms with van der Waals surface area (Å²) in [5.41, 5.74) is 5.98. The van der Waals surface area contributed by atoms with Crippen LogP contribution in [0, 0.1) is 0 Å². The Hall–Kier alpha value is -1.70. The van der Waals surface area contributed by atoms with Crippen LogP contribution in [0.5, 0.6) is 0 Å². The lowest BCUT2D eigenvalue weighted by Gasteiger charge is -2.29. The largest absolute Gasteiger partial charge is 0.472 e. The first-order valence-electron chi connectivity index (χ1n) is 6.53. The number of hydrogen-bond acceptors (Lipinski definition) is 10. The Labute approximate surface area is 133 Å². The number of aliphatic hydroxyl groups excluding tert-OH is 2. The van der Waals surface area contributed by atoms with Crippen molar-refractivity contribution in [2.45, 2.75) is 24.2 Å². The zero-order valence-electron chi connectivity index (χ0n) is 11.9. The Morgan fingerprint density at radius 2 is 2.12 bits per heavy atom. The topological polar surface area (TPSA) is 206 Å². The Bertz CT molecular complexity index is 810. The van der Waals surface area contributed by atoms with E-state index >= 15 is 0 Å². The second-order valence-electron chi connectivity index (χ2n) is 5.06. The van der Waals surface area contributed by atoms with Gasteiger partial charge in [-0.05, 0) is 0 Å². The number of phosphoric acid groups is 1. The lowest BCUT2D eigenvalue weighted by Crippen LogP contribution is -2.50. The highest BCUT2D eigenvalue weighted by Gasteiger charge is 2.60. The number of nitrogen functional groups attached to an aromatic ring is 1. The van der Waals surface area contributed by atoms with E-state index in [1.54, 1.807) is 0 Å². The average molecular weight is 363 g/mol. The first-order valence-corrected chi connectivity index (χ1v) is 8.06. The smallest absolute Gasteiger partial charge is 0.393 e. The molecule has 0 aliphatic carbocycles. The van der Waals surface area contributed by atoms with E-state index < -0.39 is 38.7 Å². The molecule has 3 heterocycles. The second-order valence-corrected chi connectivity index (χ2v) is 6.22. The number of ether oxygens (including phenoxy) is 1. The van der Waals surface area contributed by atoms with E-state index in [1.807, 2.05) is 0 Å². The number of phosphoric ester groups is 1. The van der Waals surface area contributed by atoms with Crippen LogP contribution in [-0.4, -0.2) is 69.2 Å². The summed E-state index contributed by atoms with van der Waals surface area (Å²) in [6.45, 7) is -0.881. The maximum absolute atomic E-state index is 11.1. The summed E-state index contributed by atoms with van der Waals surface area (Å²) in [6.07, 6.45) is -2.70. The molecular formula is C10H14N5O8P. The Kier molecular flexibility index (Phi) is 4.06. The molecule has 0 bridgehead atoms. The second kappa shape index (κ2) is 5.68. The molecule has 4 atom stereocenters. The number of rotatable bonds is 4. The zero-order valence-corrected chi connectivity index (χ0v) is 12.8. The van der Waals surface area contributed by atoms with Crippen LogP contribution < -0.4 is 5.73 Å². The van der Waals surface area contributed by atoms with E-state index in [0.29, 0.717) is 0 Å². The third-order valence-electron chi connectivity index (χ3n) is 3.55. The molecule has 0 unspecified atom stereocenters. The highest BCUT2D eigenvalue weighted by Crippen LogP contribution is 2.49. The summed E-state index contributed by atoms with van der Waals surface area (Å²) in [6, 6.07) is 0. The molecule has 0 aromatic carbocycles. The van der Waals surface area contributed by atoms with E-state index in [2.05, 4.69) is 19.5 Å². The van der Waals surface area contributed by atoms with Crippen LogP contribution in [0.15, 0.2) is 12.7 Å². The van der Waals surface area contributed by atoms with Gasteiger partial charge < -0.3 is 35.6 Å². The molecule has 1 saturated heterocycles. The summed E-state index contributed by atoms with van der Waals surface area (Å²) >= 11 is 0. The molecule has 0 saturated carbocycles. The van der Waals surface area contributed by atoms with Crippen molar-refractivity contribution < 1.29 is 38.9 Å². The van der Waals surface area contributed by atoms with Gasteiger partial charge in [0.05, 0.1) is 12.9 Å². The Balaban J connectivity index is 2.03. The number of nitrogens with two attached hydrogens (primary N) is 1. The lowest BCUT2D eigenvalue weighted by atomic mass is 10.1. The van der Waals surface area contributed by atoms with Gasteiger partial charge in [0, 0.05) is 0 Å². The minimum atomic E-state index is -5.20. The van der Waals surface area contributed by atoms with Gasteiger partial charge in [0.1, 0.15) is 17.9 Å². The highest BCUT2D eigenvalue weighted by molar-refractivity contribution is 7.46. The van der Waals surface area contributed by atoms with Crippen molar-refractivity contribution >= 4 is 24.8 Å². The number of aromatic nitrogens is 4. The maximum Gasteiger partial charge on any atom is 0.472 e. The number of fused-ring (bicyclic) bond motifs is 1. The minimum Gasteiger partial charge on any atom is -0.393 e. The lowest BCUT2D eigenvalue weighted by molar-refractivity contribution is -0.224. The monoisotopic (exact) mass is 363 g/mol. The number of nitrogens with zero attached hydrogens (tertiary/aromatic N) is 4. The van der Waals surface area contributed by atoms with Gasteiger partial charge >= 0.3 is 7.82 Å². The van der Waals surface area contributed by atoms with E-state index in [9.17, 15) is 19.9 Å². The van der Waals surface area contributed by atoms with E-state index in [-0.39, 0.29) is 17.0 Å². The molecule has 1 fully saturated rings. The van der Waals surface area contributed by atoms with Crippen molar-refractivity contribution in [2.75, 3.05) is 12.3 Å². The van der Waals surface area contributed by atoms with Crippen molar-refractivity contribution in [1.29, 1.82) is 0 Å². The predicted octanol–water partition coefficient (Wildman–Crippen LogP) is -2.54. The molecule has 13 nitrogen and oxygen atoms in total. The first-order chi connectivity index (χ1) is 11.2. The number of anilines is 1. The van der Waals surface area contributed by atoms with Crippen molar-refractivity contribution in [3.63, 3.8) is 0 Å². The van der Waals surface area contributed by atoms with Gasteiger partial charge in [-0.1, -0.05) is 0 Å². The fourth-order valence-corrected chi connectivity index (χ4v) is 3.09. The SMILES string of the molecule is Nc1ncnc2c1ncn2[C@@H]1O[C@H](CO)[C@](O)(OP(=O)(O)O)[C@H]1O. The summed E-state index contributed by atoms with van der Waals surface area (Å²) in [4.78, 5) is 29.5. The molecule has 24 heavy (non-hydrogen) atoms. The summed E-state index contributed by atoms with van der Waals surface area (Å²) in [5.74, 6) is -2.79. The van der Waals surface area contributed by atoms with Crippen LogP contribution in [0.3, 0.4) is 0 Å². The fraction of sp³-hybridized carbons (Fsp3) is 0.500. The van der Waals surface area contributed by atoms with E-state index in [4.69, 9.17) is 20.3 Å². The average Bonchev–Trinajstić information content (AvgIpc) is 2.99. The van der Waals surface area contributed by atoms with Crippen LogP contribution in [-0.2, 0) is 13.8 Å². The Morgan fingerprint density at radius 3 is 2.75 bits per heavy atom. The van der Waals surface area contributed by atoms with E-state index in [0.717, 1.165) is 6.33 Å². The highest BCUT2D eigenvalue weighted by atomic mass is 31.2. The van der Waals surface area contributed by atoms with Crippen molar-refractivity contribution in [3.8, 4) is 0 Å². The molecule has 0 amide bonds. The Morgan fingerprint density at radius 1 is 1.42 bits per heavy atom. The molecule has 1 aliphatic rings. The molecule has 14 heteroatoms. The number of aliphatic hydroxyl groups is 3. The van der Waals surface area contributed by atoms with Gasteiger partial charge in [0.2, 0.25) is 5.79 Å². The van der Waals surface area contributed by atoms with Crippen LogP contribution in [0.25, 0.3) is 11.2 Å². The summed E-state index contributed by atoms with van der Waals surface area (Å²) in [7, 11) is -5.20. The normalized spacial score (nSPS) is 31.0. The molecule has 1 aliphatic heterocycles. The fourth-order valence-electron chi connectivity index (χ4n) is 2.49. The molecule has 2 aromatic rings.